The maximum absolute atomic E-state index is 11.7. The molecule has 1 spiro atoms. The summed E-state index contributed by atoms with van der Waals surface area (Å²) in [5.74, 6) is 0.163. The maximum atomic E-state index is 11.7. The van der Waals surface area contributed by atoms with E-state index in [-0.39, 0.29) is 23.8 Å². The van der Waals surface area contributed by atoms with Gasteiger partial charge in [-0.1, -0.05) is 0 Å². The average Bonchev–Trinajstić information content (AvgIpc) is 2.48. The Kier molecular flexibility index (Phi) is 6.05. The topological polar surface area (TPSA) is 76.2 Å². The quantitative estimate of drug-likeness (QED) is 0.708. The Hall–Kier alpha value is -0.700. The summed E-state index contributed by atoms with van der Waals surface area (Å²) in [6.07, 6.45) is 3.86. The van der Waals surface area contributed by atoms with Crippen molar-refractivity contribution in [2.24, 2.45) is 11.3 Å². The van der Waals surface area contributed by atoms with Gasteiger partial charge in [0.2, 0.25) is 15.9 Å². The van der Waals surface area contributed by atoms with Gasteiger partial charge in [-0.15, -0.1) is 0 Å². The largest absolute Gasteiger partial charge is 0.381 e. The molecular formula is C15H28N2O5S. The van der Waals surface area contributed by atoms with Gasteiger partial charge in [-0.2, -0.15) is 0 Å². The van der Waals surface area contributed by atoms with E-state index >= 15 is 0 Å². The minimum Gasteiger partial charge on any atom is -0.381 e. The molecule has 1 amide bonds. The van der Waals surface area contributed by atoms with Gasteiger partial charge in [-0.25, -0.2) is 12.7 Å². The van der Waals surface area contributed by atoms with Crippen molar-refractivity contribution in [3.63, 3.8) is 0 Å². The number of piperidine rings is 1. The Morgan fingerprint density at radius 2 is 1.96 bits per heavy atom. The van der Waals surface area contributed by atoms with Crippen molar-refractivity contribution in [3.05, 3.63) is 0 Å². The number of hydrogen-bond acceptors (Lipinski definition) is 5. The number of likely N-dealkylation sites (N-methyl/N-ethyl adjacent to an activating group) is 1. The second kappa shape index (κ2) is 7.46. The lowest BCUT2D eigenvalue weighted by Crippen LogP contribution is -2.50. The molecule has 0 aliphatic carbocycles. The fourth-order valence-corrected chi connectivity index (χ4v) is 4.29. The molecule has 2 aliphatic rings. The molecule has 0 aromatic carbocycles. The van der Waals surface area contributed by atoms with Crippen LogP contribution in [0.2, 0.25) is 0 Å². The molecule has 0 radical (unpaired) electrons. The van der Waals surface area contributed by atoms with Crippen LogP contribution in [0.5, 0.6) is 0 Å². The summed E-state index contributed by atoms with van der Waals surface area (Å²) in [6.45, 7) is 3.02. The highest BCUT2D eigenvalue weighted by atomic mass is 32.2. The van der Waals surface area contributed by atoms with Crippen molar-refractivity contribution in [3.8, 4) is 0 Å². The van der Waals surface area contributed by atoms with Gasteiger partial charge in [0.1, 0.15) is 6.61 Å². The van der Waals surface area contributed by atoms with Gasteiger partial charge < -0.3 is 14.4 Å². The van der Waals surface area contributed by atoms with Crippen LogP contribution in [-0.2, 0) is 24.3 Å². The molecule has 2 fully saturated rings. The highest BCUT2D eigenvalue weighted by Crippen LogP contribution is 2.45. The molecule has 2 aliphatic heterocycles. The fourth-order valence-electron chi connectivity index (χ4n) is 3.45. The molecule has 0 aromatic rings. The SMILES string of the molecule is CN(C)C(=O)COC[C@@H]1COCCC12CCN(S(C)(=O)=O)CC2. The van der Waals surface area contributed by atoms with Crippen LogP contribution >= 0.6 is 0 Å². The Morgan fingerprint density at radius 1 is 1.30 bits per heavy atom. The number of carbonyl (C=O) groups is 1. The molecule has 1 atom stereocenters. The summed E-state index contributed by atoms with van der Waals surface area (Å²) < 4.78 is 36.1. The molecule has 2 heterocycles. The zero-order chi connectivity index (χ0) is 17.1. The van der Waals surface area contributed by atoms with Gasteiger partial charge in [-0.3, -0.25) is 4.79 Å². The molecule has 134 valence electrons. The summed E-state index contributed by atoms with van der Waals surface area (Å²) in [5.41, 5.74) is 0.0700. The number of ether oxygens (including phenoxy) is 2. The van der Waals surface area contributed by atoms with Crippen molar-refractivity contribution < 1.29 is 22.7 Å². The van der Waals surface area contributed by atoms with Crippen LogP contribution in [0, 0.1) is 11.3 Å². The van der Waals surface area contributed by atoms with E-state index in [1.807, 2.05) is 0 Å². The number of nitrogens with zero attached hydrogens (tertiary/aromatic N) is 2. The second-order valence-corrected chi connectivity index (χ2v) is 8.83. The maximum Gasteiger partial charge on any atom is 0.248 e. The molecule has 23 heavy (non-hydrogen) atoms. The Bertz CT molecular complexity index is 512. The minimum absolute atomic E-state index is 0.0531. The Balaban J connectivity index is 1.92. The molecule has 8 heteroatoms. The van der Waals surface area contributed by atoms with Gasteiger partial charge in [0.15, 0.2) is 0 Å². The molecule has 0 unspecified atom stereocenters. The molecule has 0 bridgehead atoms. The standard InChI is InChI=1S/C15H28N2O5S/c1-16(2)14(18)12-22-11-13-10-21-9-6-15(13)4-7-17(8-5-15)23(3,19)20/h13H,4-12H2,1-3H3/t13-/m0/s1. The van der Waals surface area contributed by atoms with Gasteiger partial charge in [0.05, 0.1) is 19.5 Å². The molecule has 0 N–H and O–H groups in total. The predicted molar refractivity (Wildman–Crippen MR) is 86.5 cm³/mol. The summed E-state index contributed by atoms with van der Waals surface area (Å²) in [5, 5.41) is 0. The van der Waals surface area contributed by atoms with Crippen molar-refractivity contribution in [1.29, 1.82) is 0 Å². The third-order valence-corrected chi connectivity index (χ3v) is 6.46. The first-order valence-corrected chi connectivity index (χ1v) is 9.90. The Morgan fingerprint density at radius 3 is 2.52 bits per heavy atom. The van der Waals surface area contributed by atoms with E-state index in [4.69, 9.17) is 9.47 Å². The summed E-state index contributed by atoms with van der Waals surface area (Å²) in [7, 11) is 0.297. The van der Waals surface area contributed by atoms with Gasteiger partial charge in [0, 0.05) is 39.7 Å². The molecule has 0 saturated carbocycles. The van der Waals surface area contributed by atoms with Gasteiger partial charge in [-0.05, 0) is 24.7 Å². The van der Waals surface area contributed by atoms with E-state index in [2.05, 4.69) is 0 Å². The third-order valence-electron chi connectivity index (χ3n) is 5.16. The first-order valence-electron chi connectivity index (χ1n) is 8.05. The van der Waals surface area contributed by atoms with Crippen LogP contribution in [0.3, 0.4) is 0 Å². The van der Waals surface area contributed by atoms with Crippen molar-refractivity contribution in [1.82, 2.24) is 9.21 Å². The van der Waals surface area contributed by atoms with Crippen molar-refractivity contribution >= 4 is 15.9 Å². The molecule has 0 aromatic heterocycles. The van der Waals surface area contributed by atoms with E-state index in [0.717, 1.165) is 19.3 Å². The first-order chi connectivity index (χ1) is 10.7. The molecule has 2 saturated heterocycles. The minimum atomic E-state index is -3.12. The second-order valence-electron chi connectivity index (χ2n) is 6.85. The van der Waals surface area contributed by atoms with E-state index < -0.39 is 10.0 Å². The lowest BCUT2D eigenvalue weighted by atomic mass is 9.66. The molecule has 7 nitrogen and oxygen atoms in total. The smallest absolute Gasteiger partial charge is 0.248 e. The number of carbonyl (C=O) groups excluding carboxylic acids is 1. The van der Waals surface area contributed by atoms with E-state index in [1.165, 1.54) is 11.2 Å². The summed E-state index contributed by atoms with van der Waals surface area (Å²) in [4.78, 5) is 13.1. The zero-order valence-electron chi connectivity index (χ0n) is 14.3. The fraction of sp³-hybridized carbons (Fsp3) is 0.933. The van der Waals surface area contributed by atoms with Crippen LogP contribution in [0.1, 0.15) is 19.3 Å². The highest BCUT2D eigenvalue weighted by Gasteiger charge is 2.44. The Labute approximate surface area is 139 Å². The number of amides is 1. The lowest BCUT2D eigenvalue weighted by Gasteiger charge is -2.48. The van der Waals surface area contributed by atoms with Crippen LogP contribution in [0.4, 0.5) is 0 Å². The normalized spacial score (nSPS) is 25.4. The summed E-state index contributed by atoms with van der Waals surface area (Å²) >= 11 is 0. The molecule has 2 rings (SSSR count). The van der Waals surface area contributed by atoms with Crippen molar-refractivity contribution in [2.75, 3.05) is 59.9 Å². The predicted octanol–water partition coefficient (Wildman–Crippen LogP) is 0.170. The molecular weight excluding hydrogens is 320 g/mol. The van der Waals surface area contributed by atoms with Crippen LogP contribution in [0.15, 0.2) is 0 Å². The number of rotatable bonds is 5. The van der Waals surface area contributed by atoms with Crippen LogP contribution < -0.4 is 0 Å². The van der Waals surface area contributed by atoms with E-state index in [1.54, 1.807) is 18.4 Å². The van der Waals surface area contributed by atoms with E-state index in [9.17, 15) is 13.2 Å². The van der Waals surface area contributed by atoms with E-state index in [0.29, 0.717) is 32.9 Å². The van der Waals surface area contributed by atoms with Gasteiger partial charge >= 0.3 is 0 Å². The third kappa shape index (κ3) is 4.65. The highest BCUT2D eigenvalue weighted by molar-refractivity contribution is 7.88. The first kappa shape index (κ1) is 18.6. The van der Waals surface area contributed by atoms with Crippen LogP contribution in [-0.4, -0.2) is 83.4 Å². The zero-order valence-corrected chi connectivity index (χ0v) is 15.1. The summed E-state index contributed by atoms with van der Waals surface area (Å²) in [6, 6.07) is 0. The average molecular weight is 348 g/mol. The van der Waals surface area contributed by atoms with Gasteiger partial charge in [0.25, 0.3) is 0 Å². The lowest BCUT2D eigenvalue weighted by molar-refractivity contribution is -0.138. The monoisotopic (exact) mass is 348 g/mol. The van der Waals surface area contributed by atoms with Crippen molar-refractivity contribution in [2.45, 2.75) is 19.3 Å². The van der Waals surface area contributed by atoms with Crippen LogP contribution in [0.25, 0.3) is 0 Å². The number of sulfonamides is 1. The number of hydrogen-bond donors (Lipinski definition) is 0.